The third-order valence-electron chi connectivity index (χ3n) is 2.54. The van der Waals surface area contributed by atoms with Gasteiger partial charge >= 0.3 is 0 Å². The van der Waals surface area contributed by atoms with Crippen LogP contribution < -0.4 is 11.1 Å². The molecule has 0 bridgehead atoms. The Balaban J connectivity index is 2.53. The number of aromatic nitrogens is 2. The molecule has 2 rings (SSSR count). The number of primary amides is 1. The quantitative estimate of drug-likeness (QED) is 0.848. The number of anilines is 1. The van der Waals surface area contributed by atoms with Crippen molar-refractivity contribution in [3.05, 3.63) is 16.2 Å². The van der Waals surface area contributed by atoms with Gasteiger partial charge in [0.25, 0.3) is 0 Å². The van der Waals surface area contributed by atoms with E-state index in [-0.39, 0.29) is 5.28 Å². The molecule has 0 atom stereocenters. The molecular formula is C11H13ClN4OS. The van der Waals surface area contributed by atoms with Gasteiger partial charge in [0.1, 0.15) is 16.2 Å². The molecule has 0 spiro atoms. The first-order valence-electron chi connectivity index (χ1n) is 5.31. The second kappa shape index (κ2) is 4.37. The van der Waals surface area contributed by atoms with Crippen molar-refractivity contribution in [3.8, 4) is 0 Å². The molecule has 0 saturated carbocycles. The molecule has 7 heteroatoms. The summed E-state index contributed by atoms with van der Waals surface area (Å²) >= 11 is 7.39. The fraction of sp³-hybridized carbons (Fsp3) is 0.364. The molecule has 0 fully saturated rings. The lowest BCUT2D eigenvalue weighted by Gasteiger charge is -2.23. The van der Waals surface area contributed by atoms with Crippen LogP contribution in [0.2, 0.25) is 5.28 Å². The molecule has 96 valence electrons. The Bertz CT molecular complexity index is 623. The first-order chi connectivity index (χ1) is 8.29. The molecule has 0 aliphatic carbocycles. The number of carbonyl (C=O) groups is 1. The lowest BCUT2D eigenvalue weighted by Crippen LogP contribution is -2.45. The molecule has 0 unspecified atom stereocenters. The minimum absolute atomic E-state index is 0.145. The number of halogens is 1. The Morgan fingerprint density at radius 3 is 2.78 bits per heavy atom. The van der Waals surface area contributed by atoms with E-state index >= 15 is 0 Å². The fourth-order valence-electron chi connectivity index (χ4n) is 1.47. The fourth-order valence-corrected chi connectivity index (χ4v) is 2.57. The molecule has 3 N–H and O–H groups in total. The number of nitrogens with one attached hydrogen (secondary N) is 1. The molecule has 0 radical (unpaired) electrons. The number of nitrogens with two attached hydrogens (primary N) is 1. The molecule has 18 heavy (non-hydrogen) atoms. The maximum atomic E-state index is 11.3. The van der Waals surface area contributed by atoms with Crippen LogP contribution >= 0.6 is 22.9 Å². The van der Waals surface area contributed by atoms with Crippen LogP contribution in [-0.4, -0.2) is 21.4 Å². The Hall–Kier alpha value is -1.40. The molecule has 0 aliphatic heterocycles. The Morgan fingerprint density at radius 2 is 2.17 bits per heavy atom. The van der Waals surface area contributed by atoms with Gasteiger partial charge in [-0.2, -0.15) is 0 Å². The molecule has 5 nitrogen and oxygen atoms in total. The van der Waals surface area contributed by atoms with Gasteiger partial charge in [-0.05, 0) is 38.4 Å². The number of hydrogen-bond acceptors (Lipinski definition) is 5. The summed E-state index contributed by atoms with van der Waals surface area (Å²) in [5.41, 5.74) is 4.43. The monoisotopic (exact) mass is 284 g/mol. The second-order valence-corrected chi connectivity index (χ2v) is 6.10. The van der Waals surface area contributed by atoms with Crippen molar-refractivity contribution in [2.75, 3.05) is 5.32 Å². The van der Waals surface area contributed by atoms with Crippen molar-refractivity contribution >= 4 is 44.9 Å². The number of fused-ring (bicyclic) bond motifs is 1. The van der Waals surface area contributed by atoms with E-state index in [0.717, 1.165) is 15.1 Å². The van der Waals surface area contributed by atoms with Gasteiger partial charge in [-0.1, -0.05) is 0 Å². The Kier molecular flexibility index (Phi) is 3.16. The summed E-state index contributed by atoms with van der Waals surface area (Å²) < 4.78 is 0. The van der Waals surface area contributed by atoms with Gasteiger partial charge in [0.15, 0.2) is 0 Å². The molecule has 2 aromatic rings. The van der Waals surface area contributed by atoms with E-state index in [2.05, 4.69) is 15.3 Å². The van der Waals surface area contributed by atoms with Crippen LogP contribution in [0.25, 0.3) is 10.2 Å². The smallest absolute Gasteiger partial charge is 0.242 e. The minimum atomic E-state index is -0.902. The lowest BCUT2D eigenvalue weighted by atomic mass is 10.1. The van der Waals surface area contributed by atoms with E-state index in [9.17, 15) is 4.79 Å². The average Bonchev–Trinajstić information content (AvgIpc) is 2.57. The van der Waals surface area contributed by atoms with Crippen LogP contribution in [0.4, 0.5) is 5.82 Å². The van der Waals surface area contributed by atoms with Gasteiger partial charge in [0, 0.05) is 4.88 Å². The number of thiophene rings is 1. The zero-order valence-corrected chi connectivity index (χ0v) is 11.8. The Morgan fingerprint density at radius 1 is 1.50 bits per heavy atom. The highest BCUT2D eigenvalue weighted by Crippen LogP contribution is 2.30. The Labute approximate surface area is 113 Å². The highest BCUT2D eigenvalue weighted by Gasteiger charge is 2.26. The lowest BCUT2D eigenvalue weighted by molar-refractivity contribution is -0.121. The third-order valence-corrected chi connectivity index (χ3v) is 3.65. The SMILES string of the molecule is Cc1cc2c(NC(C)(C)C(N)=O)nc(Cl)nc2s1. The largest absolute Gasteiger partial charge is 0.368 e. The summed E-state index contributed by atoms with van der Waals surface area (Å²) in [6.45, 7) is 5.36. The van der Waals surface area contributed by atoms with E-state index < -0.39 is 11.4 Å². The molecule has 2 heterocycles. The van der Waals surface area contributed by atoms with E-state index in [4.69, 9.17) is 17.3 Å². The highest BCUT2D eigenvalue weighted by molar-refractivity contribution is 7.18. The number of rotatable bonds is 3. The van der Waals surface area contributed by atoms with Gasteiger partial charge in [-0.15, -0.1) is 11.3 Å². The maximum absolute atomic E-state index is 11.3. The van der Waals surface area contributed by atoms with Crippen LogP contribution in [0.3, 0.4) is 0 Å². The van der Waals surface area contributed by atoms with E-state index in [1.807, 2.05) is 13.0 Å². The molecule has 1 amide bonds. The van der Waals surface area contributed by atoms with Crippen molar-refractivity contribution in [1.82, 2.24) is 9.97 Å². The summed E-state index contributed by atoms with van der Waals surface area (Å²) in [6, 6.07) is 1.95. The predicted octanol–water partition coefficient (Wildman–Crippen LogP) is 2.33. The highest BCUT2D eigenvalue weighted by atomic mass is 35.5. The zero-order valence-electron chi connectivity index (χ0n) is 10.2. The van der Waals surface area contributed by atoms with Crippen molar-refractivity contribution in [2.24, 2.45) is 5.73 Å². The van der Waals surface area contributed by atoms with Crippen LogP contribution in [-0.2, 0) is 4.79 Å². The number of aryl methyl sites for hydroxylation is 1. The van der Waals surface area contributed by atoms with Gasteiger partial charge in [-0.3, -0.25) is 4.79 Å². The summed E-state index contributed by atoms with van der Waals surface area (Å²) in [4.78, 5) is 21.5. The average molecular weight is 285 g/mol. The summed E-state index contributed by atoms with van der Waals surface area (Å²) in [7, 11) is 0. The normalized spacial score (nSPS) is 11.8. The number of amides is 1. The summed E-state index contributed by atoms with van der Waals surface area (Å²) in [5, 5.41) is 4.00. The van der Waals surface area contributed by atoms with E-state index in [1.165, 1.54) is 11.3 Å². The van der Waals surface area contributed by atoms with Crippen molar-refractivity contribution in [3.63, 3.8) is 0 Å². The van der Waals surface area contributed by atoms with Gasteiger partial charge in [-0.25, -0.2) is 9.97 Å². The number of hydrogen-bond donors (Lipinski definition) is 2. The number of carbonyl (C=O) groups excluding carboxylic acids is 1. The second-order valence-electron chi connectivity index (χ2n) is 4.53. The zero-order chi connectivity index (χ0) is 13.5. The maximum Gasteiger partial charge on any atom is 0.242 e. The first-order valence-corrected chi connectivity index (χ1v) is 6.51. The molecule has 0 aliphatic rings. The van der Waals surface area contributed by atoms with Crippen LogP contribution in [0.15, 0.2) is 6.07 Å². The topological polar surface area (TPSA) is 80.9 Å². The van der Waals surface area contributed by atoms with Crippen LogP contribution in [0.1, 0.15) is 18.7 Å². The summed E-state index contributed by atoms with van der Waals surface area (Å²) in [6.07, 6.45) is 0. The third kappa shape index (κ3) is 2.39. The van der Waals surface area contributed by atoms with Crippen LogP contribution in [0.5, 0.6) is 0 Å². The minimum Gasteiger partial charge on any atom is -0.368 e. The van der Waals surface area contributed by atoms with E-state index in [1.54, 1.807) is 13.8 Å². The van der Waals surface area contributed by atoms with Gasteiger partial charge in [0.05, 0.1) is 5.39 Å². The van der Waals surface area contributed by atoms with Gasteiger partial charge in [0.2, 0.25) is 11.2 Å². The van der Waals surface area contributed by atoms with Crippen molar-refractivity contribution < 1.29 is 4.79 Å². The molecule has 0 saturated heterocycles. The molecule has 2 aromatic heterocycles. The number of nitrogens with zero attached hydrogens (tertiary/aromatic N) is 2. The van der Waals surface area contributed by atoms with E-state index in [0.29, 0.717) is 5.82 Å². The molecular weight excluding hydrogens is 272 g/mol. The van der Waals surface area contributed by atoms with Crippen LogP contribution in [0, 0.1) is 6.92 Å². The van der Waals surface area contributed by atoms with Crippen molar-refractivity contribution in [1.29, 1.82) is 0 Å². The predicted molar refractivity (Wildman–Crippen MR) is 74.1 cm³/mol. The van der Waals surface area contributed by atoms with Crippen molar-refractivity contribution in [2.45, 2.75) is 26.3 Å². The molecule has 0 aromatic carbocycles. The summed E-state index contributed by atoms with van der Waals surface area (Å²) in [5.74, 6) is 0.0653. The van der Waals surface area contributed by atoms with Gasteiger partial charge < -0.3 is 11.1 Å². The standard InChI is InChI=1S/C11H13ClN4OS/c1-5-4-6-7(16-11(2,3)9(13)17)14-10(12)15-8(6)18-5/h4H,1-3H3,(H2,13,17)(H,14,15,16). The first kappa shape index (κ1) is 13.0.